The van der Waals surface area contributed by atoms with Crippen LogP contribution in [0.4, 0.5) is 5.69 Å². The fourth-order valence-electron chi connectivity index (χ4n) is 2.81. The maximum Gasteiger partial charge on any atom is 0.0511 e. The third-order valence-corrected chi connectivity index (χ3v) is 4.31. The summed E-state index contributed by atoms with van der Waals surface area (Å²) in [4.78, 5) is 2.52. The molecule has 106 valence electrons. The zero-order valence-corrected chi connectivity index (χ0v) is 13.8. The van der Waals surface area contributed by atoms with Gasteiger partial charge in [-0.1, -0.05) is 19.9 Å². The van der Waals surface area contributed by atoms with Gasteiger partial charge in [0, 0.05) is 23.6 Å². The Morgan fingerprint density at radius 1 is 1.42 bits per heavy atom. The molecule has 1 unspecified atom stereocenters. The number of halogens is 1. The molecule has 0 aromatic heterocycles. The maximum atomic E-state index is 3.72. The second kappa shape index (κ2) is 6.76. The predicted octanol–water partition coefficient (Wildman–Crippen LogP) is 3.97. The molecule has 2 nitrogen and oxygen atoms in total. The van der Waals surface area contributed by atoms with Gasteiger partial charge in [0.15, 0.2) is 0 Å². The van der Waals surface area contributed by atoms with Crippen molar-refractivity contribution < 1.29 is 0 Å². The van der Waals surface area contributed by atoms with Crippen LogP contribution < -0.4 is 10.2 Å². The lowest BCUT2D eigenvalue weighted by Gasteiger charge is -2.28. The molecule has 1 saturated heterocycles. The number of nitrogens with zero attached hydrogens (tertiary/aromatic N) is 1. The highest BCUT2D eigenvalue weighted by molar-refractivity contribution is 9.10. The van der Waals surface area contributed by atoms with Gasteiger partial charge in [0.2, 0.25) is 0 Å². The lowest BCUT2D eigenvalue weighted by Crippen LogP contribution is -2.38. The minimum Gasteiger partial charge on any atom is -0.369 e. The Balaban J connectivity index is 2.13. The van der Waals surface area contributed by atoms with Gasteiger partial charge in [-0.15, -0.1) is 0 Å². The zero-order chi connectivity index (χ0) is 13.8. The SMILES string of the molecule is Cc1ccc(N2CCCNC(CC(C)C)C2)c(Br)c1. The van der Waals surface area contributed by atoms with Crippen LogP contribution in [0.15, 0.2) is 22.7 Å². The highest BCUT2D eigenvalue weighted by Gasteiger charge is 2.20. The van der Waals surface area contributed by atoms with Crippen molar-refractivity contribution in [1.82, 2.24) is 5.32 Å². The maximum absolute atomic E-state index is 3.72. The number of rotatable bonds is 3. The van der Waals surface area contributed by atoms with Crippen LogP contribution >= 0.6 is 15.9 Å². The second-order valence-corrected chi connectivity index (χ2v) is 6.89. The van der Waals surface area contributed by atoms with Gasteiger partial charge in [-0.3, -0.25) is 0 Å². The zero-order valence-electron chi connectivity index (χ0n) is 12.2. The fourth-order valence-corrected chi connectivity index (χ4v) is 3.56. The van der Waals surface area contributed by atoms with E-state index in [2.05, 4.69) is 65.1 Å². The Morgan fingerprint density at radius 3 is 2.89 bits per heavy atom. The molecular weight excluding hydrogens is 300 g/mol. The van der Waals surface area contributed by atoms with Gasteiger partial charge in [-0.05, 0) is 65.9 Å². The van der Waals surface area contributed by atoms with E-state index in [1.807, 2.05) is 0 Å². The van der Waals surface area contributed by atoms with E-state index in [0.29, 0.717) is 6.04 Å². The van der Waals surface area contributed by atoms with Crippen LogP contribution in [0.2, 0.25) is 0 Å². The smallest absolute Gasteiger partial charge is 0.0511 e. The third-order valence-electron chi connectivity index (χ3n) is 3.68. The Kier molecular flexibility index (Phi) is 5.28. The average Bonchev–Trinajstić information content (AvgIpc) is 2.53. The van der Waals surface area contributed by atoms with Crippen molar-refractivity contribution in [2.24, 2.45) is 5.92 Å². The molecule has 1 atom stereocenters. The van der Waals surface area contributed by atoms with E-state index in [4.69, 9.17) is 0 Å². The van der Waals surface area contributed by atoms with Crippen LogP contribution in [0.1, 0.15) is 32.3 Å². The van der Waals surface area contributed by atoms with Crippen LogP contribution in [-0.4, -0.2) is 25.7 Å². The number of hydrogen-bond donors (Lipinski definition) is 1. The Bertz CT molecular complexity index is 417. The third kappa shape index (κ3) is 4.22. The first kappa shape index (κ1) is 14.9. The minimum absolute atomic E-state index is 0.607. The van der Waals surface area contributed by atoms with Crippen molar-refractivity contribution in [3.8, 4) is 0 Å². The average molecular weight is 325 g/mol. The molecule has 1 aliphatic heterocycles. The van der Waals surface area contributed by atoms with Crippen LogP contribution in [-0.2, 0) is 0 Å². The molecule has 3 heteroatoms. The molecule has 0 amide bonds. The van der Waals surface area contributed by atoms with Crippen molar-refractivity contribution >= 4 is 21.6 Å². The summed E-state index contributed by atoms with van der Waals surface area (Å²) in [6, 6.07) is 7.27. The van der Waals surface area contributed by atoms with Crippen molar-refractivity contribution in [2.75, 3.05) is 24.5 Å². The quantitative estimate of drug-likeness (QED) is 0.904. The Hall–Kier alpha value is -0.540. The molecule has 1 aromatic rings. The summed E-state index contributed by atoms with van der Waals surface area (Å²) >= 11 is 3.72. The number of anilines is 1. The number of aryl methyl sites for hydroxylation is 1. The molecule has 1 aromatic carbocycles. The molecule has 0 radical (unpaired) electrons. The highest BCUT2D eigenvalue weighted by atomic mass is 79.9. The highest BCUT2D eigenvalue weighted by Crippen LogP contribution is 2.28. The van der Waals surface area contributed by atoms with Crippen LogP contribution in [0.5, 0.6) is 0 Å². The van der Waals surface area contributed by atoms with Gasteiger partial charge in [0.1, 0.15) is 0 Å². The molecule has 0 aliphatic carbocycles. The second-order valence-electron chi connectivity index (χ2n) is 6.04. The van der Waals surface area contributed by atoms with Crippen molar-refractivity contribution in [1.29, 1.82) is 0 Å². The normalized spacial score (nSPS) is 20.7. The standard InChI is InChI=1S/C16H25BrN2/c1-12(2)9-14-11-19(8-4-7-18-14)16-6-5-13(3)10-15(16)17/h5-6,10,12,14,18H,4,7-9,11H2,1-3H3. The Labute approximate surface area is 125 Å². The number of benzene rings is 1. The lowest BCUT2D eigenvalue weighted by molar-refractivity contribution is 0.436. The van der Waals surface area contributed by atoms with Crippen molar-refractivity contribution in [3.05, 3.63) is 28.2 Å². The van der Waals surface area contributed by atoms with Gasteiger partial charge in [-0.2, -0.15) is 0 Å². The Morgan fingerprint density at radius 2 is 2.21 bits per heavy atom. The molecule has 1 aliphatic rings. The monoisotopic (exact) mass is 324 g/mol. The first-order valence-electron chi connectivity index (χ1n) is 7.30. The van der Waals surface area contributed by atoms with Crippen LogP contribution in [0.25, 0.3) is 0 Å². The molecule has 19 heavy (non-hydrogen) atoms. The van der Waals surface area contributed by atoms with E-state index >= 15 is 0 Å². The first-order chi connectivity index (χ1) is 9.06. The molecule has 1 fully saturated rings. The number of hydrogen-bond acceptors (Lipinski definition) is 2. The topological polar surface area (TPSA) is 15.3 Å². The number of nitrogens with one attached hydrogen (secondary N) is 1. The summed E-state index contributed by atoms with van der Waals surface area (Å²) < 4.78 is 1.22. The first-order valence-corrected chi connectivity index (χ1v) is 8.10. The summed E-state index contributed by atoms with van der Waals surface area (Å²) in [5, 5.41) is 3.69. The van der Waals surface area contributed by atoms with E-state index in [1.54, 1.807) is 0 Å². The van der Waals surface area contributed by atoms with E-state index in [0.717, 1.165) is 25.6 Å². The van der Waals surface area contributed by atoms with Gasteiger partial charge in [-0.25, -0.2) is 0 Å². The molecular formula is C16H25BrN2. The lowest BCUT2D eigenvalue weighted by atomic mass is 10.0. The summed E-state index contributed by atoms with van der Waals surface area (Å²) in [5.74, 6) is 0.749. The minimum atomic E-state index is 0.607. The van der Waals surface area contributed by atoms with E-state index in [1.165, 1.54) is 28.6 Å². The largest absolute Gasteiger partial charge is 0.369 e. The molecule has 0 spiro atoms. The van der Waals surface area contributed by atoms with E-state index < -0.39 is 0 Å². The van der Waals surface area contributed by atoms with Crippen molar-refractivity contribution in [3.63, 3.8) is 0 Å². The predicted molar refractivity (Wildman–Crippen MR) is 87.0 cm³/mol. The molecule has 0 bridgehead atoms. The van der Waals surface area contributed by atoms with Gasteiger partial charge in [0.25, 0.3) is 0 Å². The fraction of sp³-hybridized carbons (Fsp3) is 0.625. The van der Waals surface area contributed by atoms with E-state index in [9.17, 15) is 0 Å². The van der Waals surface area contributed by atoms with Crippen LogP contribution in [0.3, 0.4) is 0 Å². The van der Waals surface area contributed by atoms with E-state index in [-0.39, 0.29) is 0 Å². The summed E-state index contributed by atoms with van der Waals surface area (Å²) in [5.41, 5.74) is 2.64. The molecule has 1 N–H and O–H groups in total. The van der Waals surface area contributed by atoms with Crippen LogP contribution in [0, 0.1) is 12.8 Å². The van der Waals surface area contributed by atoms with Gasteiger partial charge >= 0.3 is 0 Å². The molecule has 1 heterocycles. The van der Waals surface area contributed by atoms with Crippen molar-refractivity contribution in [2.45, 2.75) is 39.7 Å². The van der Waals surface area contributed by atoms with Gasteiger partial charge in [0.05, 0.1) is 5.69 Å². The molecule has 0 saturated carbocycles. The summed E-state index contributed by atoms with van der Waals surface area (Å²) in [7, 11) is 0. The van der Waals surface area contributed by atoms with Gasteiger partial charge < -0.3 is 10.2 Å². The summed E-state index contributed by atoms with van der Waals surface area (Å²) in [6.45, 7) is 10.1. The molecule has 2 rings (SSSR count). The summed E-state index contributed by atoms with van der Waals surface area (Å²) in [6.07, 6.45) is 2.47.